The largest absolute Gasteiger partial charge is 0.481 e. The van der Waals surface area contributed by atoms with E-state index in [1.54, 1.807) is 7.11 Å². The minimum atomic E-state index is -0.867. The van der Waals surface area contributed by atoms with Crippen LogP contribution in [-0.4, -0.2) is 48.2 Å². The number of amides is 1. The summed E-state index contributed by atoms with van der Waals surface area (Å²) in [6, 6.07) is 0.193. The normalized spacial score (nSPS) is 11.7. The molecule has 0 bridgehead atoms. The Bertz CT molecular complexity index is 311. The van der Waals surface area contributed by atoms with Crippen molar-refractivity contribution in [1.29, 1.82) is 0 Å². The summed E-state index contributed by atoms with van der Waals surface area (Å²) in [6.07, 6.45) is 2.04. The number of carbonyl (C=O) groups is 2. The molecule has 1 amide bonds. The monoisotopic (exact) mass is 287 g/mol. The van der Waals surface area contributed by atoms with E-state index in [1.807, 2.05) is 18.7 Å². The second-order valence-corrected chi connectivity index (χ2v) is 5.96. The summed E-state index contributed by atoms with van der Waals surface area (Å²) in [5.74, 6) is -0.851. The maximum absolute atomic E-state index is 12.5. The van der Waals surface area contributed by atoms with Crippen LogP contribution >= 0.6 is 0 Å². The molecule has 0 aromatic heterocycles. The molecule has 0 heterocycles. The van der Waals surface area contributed by atoms with Crippen molar-refractivity contribution in [2.24, 2.45) is 5.41 Å². The van der Waals surface area contributed by atoms with Crippen LogP contribution in [0, 0.1) is 5.41 Å². The number of hydrogen-bond acceptors (Lipinski definition) is 3. The predicted molar refractivity (Wildman–Crippen MR) is 78.6 cm³/mol. The van der Waals surface area contributed by atoms with Gasteiger partial charge in [0.25, 0.3) is 0 Å². The molecule has 20 heavy (non-hydrogen) atoms. The Morgan fingerprint density at radius 1 is 1.20 bits per heavy atom. The molecule has 0 aliphatic carbocycles. The van der Waals surface area contributed by atoms with Gasteiger partial charge < -0.3 is 14.7 Å². The van der Waals surface area contributed by atoms with E-state index in [4.69, 9.17) is 9.84 Å². The summed E-state index contributed by atoms with van der Waals surface area (Å²) >= 11 is 0. The number of rotatable bonds is 10. The summed E-state index contributed by atoms with van der Waals surface area (Å²) in [5, 5.41) is 8.90. The lowest BCUT2D eigenvalue weighted by atomic mass is 9.85. The molecule has 0 aliphatic heterocycles. The van der Waals surface area contributed by atoms with Crippen LogP contribution in [0.3, 0.4) is 0 Å². The number of carboxylic acid groups (broad SMARTS) is 1. The Hall–Kier alpha value is -1.10. The molecule has 0 aliphatic rings. The van der Waals surface area contributed by atoms with Gasteiger partial charge in [-0.15, -0.1) is 0 Å². The highest BCUT2D eigenvalue weighted by molar-refractivity contribution is 5.78. The highest BCUT2D eigenvalue weighted by Crippen LogP contribution is 2.27. The molecule has 0 rings (SSSR count). The van der Waals surface area contributed by atoms with E-state index >= 15 is 0 Å². The van der Waals surface area contributed by atoms with Crippen molar-refractivity contribution in [3.8, 4) is 0 Å². The van der Waals surface area contributed by atoms with Crippen LogP contribution in [0.1, 0.15) is 53.4 Å². The first kappa shape index (κ1) is 18.9. The SMILES string of the molecule is CCC(CC)N(CCOC)C(=O)CC(C)(C)CC(=O)O. The quantitative estimate of drug-likeness (QED) is 0.670. The molecular weight excluding hydrogens is 258 g/mol. The Labute approximate surface area is 122 Å². The number of ether oxygens (including phenoxy) is 1. The first-order chi connectivity index (χ1) is 9.27. The van der Waals surface area contributed by atoms with Crippen LogP contribution in [0.25, 0.3) is 0 Å². The van der Waals surface area contributed by atoms with Crippen molar-refractivity contribution in [1.82, 2.24) is 4.90 Å². The fourth-order valence-electron chi connectivity index (χ4n) is 2.41. The Morgan fingerprint density at radius 2 is 1.75 bits per heavy atom. The highest BCUT2D eigenvalue weighted by atomic mass is 16.5. The summed E-state index contributed by atoms with van der Waals surface area (Å²) in [6.45, 7) is 8.82. The highest BCUT2D eigenvalue weighted by Gasteiger charge is 2.29. The van der Waals surface area contributed by atoms with Gasteiger partial charge in [0.1, 0.15) is 0 Å². The molecule has 0 fully saturated rings. The van der Waals surface area contributed by atoms with Gasteiger partial charge in [-0.2, -0.15) is 0 Å². The number of aliphatic carboxylic acids is 1. The third kappa shape index (κ3) is 6.89. The average Bonchev–Trinajstić information content (AvgIpc) is 2.31. The van der Waals surface area contributed by atoms with Crippen LogP contribution in [0.15, 0.2) is 0 Å². The topological polar surface area (TPSA) is 66.8 Å². The molecule has 5 nitrogen and oxygen atoms in total. The molecule has 0 saturated heterocycles. The van der Waals surface area contributed by atoms with Crippen molar-refractivity contribution in [3.05, 3.63) is 0 Å². The van der Waals surface area contributed by atoms with E-state index in [1.165, 1.54) is 0 Å². The van der Waals surface area contributed by atoms with Crippen molar-refractivity contribution in [2.75, 3.05) is 20.3 Å². The molecule has 5 heteroatoms. The maximum Gasteiger partial charge on any atom is 0.303 e. The smallest absolute Gasteiger partial charge is 0.303 e. The average molecular weight is 287 g/mol. The third-order valence-corrected chi connectivity index (χ3v) is 3.50. The van der Waals surface area contributed by atoms with Crippen molar-refractivity contribution in [3.63, 3.8) is 0 Å². The summed E-state index contributed by atoms with van der Waals surface area (Å²) in [5.41, 5.74) is -0.528. The second kappa shape index (κ2) is 8.95. The summed E-state index contributed by atoms with van der Waals surface area (Å²) in [7, 11) is 1.61. The van der Waals surface area contributed by atoms with E-state index in [9.17, 15) is 9.59 Å². The van der Waals surface area contributed by atoms with E-state index < -0.39 is 11.4 Å². The van der Waals surface area contributed by atoms with Crippen LogP contribution in [-0.2, 0) is 14.3 Å². The molecule has 0 radical (unpaired) electrons. The van der Waals surface area contributed by atoms with Crippen LogP contribution in [0.2, 0.25) is 0 Å². The van der Waals surface area contributed by atoms with Gasteiger partial charge in [-0.25, -0.2) is 0 Å². The zero-order valence-corrected chi connectivity index (χ0v) is 13.4. The third-order valence-electron chi connectivity index (χ3n) is 3.50. The molecule has 0 aromatic carbocycles. The molecule has 0 atom stereocenters. The van der Waals surface area contributed by atoms with Crippen LogP contribution in [0.4, 0.5) is 0 Å². The van der Waals surface area contributed by atoms with Gasteiger partial charge in [0, 0.05) is 26.1 Å². The van der Waals surface area contributed by atoms with E-state index in [2.05, 4.69) is 13.8 Å². The van der Waals surface area contributed by atoms with Crippen molar-refractivity contribution in [2.45, 2.75) is 59.4 Å². The van der Waals surface area contributed by atoms with Crippen LogP contribution in [0.5, 0.6) is 0 Å². The van der Waals surface area contributed by atoms with Gasteiger partial charge in [-0.05, 0) is 18.3 Å². The molecular formula is C15H29NO4. The minimum Gasteiger partial charge on any atom is -0.481 e. The molecule has 118 valence electrons. The lowest BCUT2D eigenvalue weighted by Gasteiger charge is -2.33. The van der Waals surface area contributed by atoms with Crippen molar-refractivity contribution < 1.29 is 19.4 Å². The second-order valence-electron chi connectivity index (χ2n) is 5.96. The van der Waals surface area contributed by atoms with Gasteiger partial charge in [-0.3, -0.25) is 9.59 Å². The van der Waals surface area contributed by atoms with Crippen molar-refractivity contribution >= 4 is 11.9 Å². The summed E-state index contributed by atoms with van der Waals surface area (Å²) < 4.78 is 5.07. The van der Waals surface area contributed by atoms with E-state index in [0.29, 0.717) is 13.2 Å². The van der Waals surface area contributed by atoms with Gasteiger partial charge in [0.15, 0.2) is 0 Å². The lowest BCUT2D eigenvalue weighted by molar-refractivity contribution is -0.141. The fraction of sp³-hybridized carbons (Fsp3) is 0.867. The standard InChI is InChI=1S/C15H29NO4/c1-6-12(7-2)16(8-9-20-5)13(17)10-15(3,4)11-14(18)19/h12H,6-11H2,1-5H3,(H,18,19). The zero-order valence-electron chi connectivity index (χ0n) is 13.4. The first-order valence-electron chi connectivity index (χ1n) is 7.27. The predicted octanol–water partition coefficient (Wildman–Crippen LogP) is 2.54. The first-order valence-corrected chi connectivity index (χ1v) is 7.27. The van der Waals surface area contributed by atoms with E-state index in [0.717, 1.165) is 12.8 Å². The van der Waals surface area contributed by atoms with E-state index in [-0.39, 0.29) is 24.8 Å². The zero-order chi connectivity index (χ0) is 15.8. The molecule has 0 aromatic rings. The molecule has 1 N–H and O–H groups in total. The minimum absolute atomic E-state index is 0.000224. The van der Waals surface area contributed by atoms with Gasteiger partial charge in [0.05, 0.1) is 13.0 Å². The molecule has 0 unspecified atom stereocenters. The Balaban J connectivity index is 4.80. The lowest BCUT2D eigenvalue weighted by Crippen LogP contribution is -2.43. The van der Waals surface area contributed by atoms with Gasteiger partial charge >= 0.3 is 5.97 Å². The Morgan fingerprint density at radius 3 is 2.15 bits per heavy atom. The maximum atomic E-state index is 12.5. The number of nitrogens with zero attached hydrogens (tertiary/aromatic N) is 1. The number of hydrogen-bond donors (Lipinski definition) is 1. The number of carbonyl (C=O) groups excluding carboxylic acids is 1. The molecule has 0 saturated carbocycles. The van der Waals surface area contributed by atoms with Gasteiger partial charge in [0.2, 0.25) is 5.91 Å². The molecule has 0 spiro atoms. The number of methoxy groups -OCH3 is 1. The number of carboxylic acids is 1. The van der Waals surface area contributed by atoms with Gasteiger partial charge in [-0.1, -0.05) is 27.7 Å². The summed E-state index contributed by atoms with van der Waals surface area (Å²) in [4.78, 5) is 25.2. The van der Waals surface area contributed by atoms with Crippen LogP contribution < -0.4 is 0 Å². The fourth-order valence-corrected chi connectivity index (χ4v) is 2.41. The Kier molecular flexibility index (Phi) is 8.46.